The minimum Gasteiger partial charge on any atom is -0.497 e. The van der Waals surface area contributed by atoms with Crippen molar-refractivity contribution in [2.75, 3.05) is 13.7 Å². The average Bonchev–Trinajstić information content (AvgIpc) is 3.37. The molecule has 5 nitrogen and oxygen atoms in total. The zero-order valence-electron chi connectivity index (χ0n) is 14.4. The van der Waals surface area contributed by atoms with Gasteiger partial charge in [0.15, 0.2) is 0 Å². The molecule has 0 aliphatic carbocycles. The van der Waals surface area contributed by atoms with Crippen molar-refractivity contribution in [3.8, 4) is 17.2 Å². The Labute approximate surface area is 151 Å². The van der Waals surface area contributed by atoms with Crippen LogP contribution in [0.15, 0.2) is 40.3 Å². The van der Waals surface area contributed by atoms with Crippen LogP contribution in [0, 0.1) is 6.92 Å². The SMILES string of the molecule is COc1ccc(-c2nc(CN3CCC[C@@H]3c3nccs3)c(C)o2)cc1. The highest BCUT2D eigenvalue weighted by atomic mass is 32.1. The van der Waals surface area contributed by atoms with Crippen molar-refractivity contribution in [1.82, 2.24) is 14.9 Å². The van der Waals surface area contributed by atoms with Gasteiger partial charge in [-0.1, -0.05) is 0 Å². The first-order valence-corrected chi connectivity index (χ1v) is 9.36. The highest BCUT2D eigenvalue weighted by molar-refractivity contribution is 7.09. The molecule has 130 valence electrons. The number of thiazole rings is 1. The molecule has 1 fully saturated rings. The standard InChI is InChI=1S/C19H21N3O2S/c1-13-16(12-22-10-3-4-17(22)19-20-9-11-25-19)21-18(24-13)14-5-7-15(23-2)8-6-14/h5-9,11,17H,3-4,10,12H2,1-2H3/t17-/m1/s1. The minimum atomic E-state index is 0.403. The van der Waals surface area contributed by atoms with Gasteiger partial charge in [-0.3, -0.25) is 4.90 Å². The molecule has 1 aromatic carbocycles. The highest BCUT2D eigenvalue weighted by Crippen LogP contribution is 2.35. The lowest BCUT2D eigenvalue weighted by atomic mass is 10.2. The van der Waals surface area contributed by atoms with Gasteiger partial charge < -0.3 is 9.15 Å². The molecule has 3 aromatic rings. The summed E-state index contributed by atoms with van der Waals surface area (Å²) in [6, 6.07) is 8.20. The molecule has 1 aliphatic rings. The quantitative estimate of drug-likeness (QED) is 0.677. The number of nitrogens with zero attached hydrogens (tertiary/aromatic N) is 3. The molecule has 25 heavy (non-hydrogen) atoms. The summed E-state index contributed by atoms with van der Waals surface area (Å²) >= 11 is 1.74. The third-order valence-corrected chi connectivity index (χ3v) is 5.56. The molecule has 0 N–H and O–H groups in total. The summed E-state index contributed by atoms with van der Waals surface area (Å²) in [6.07, 6.45) is 4.25. The summed E-state index contributed by atoms with van der Waals surface area (Å²) in [4.78, 5) is 11.7. The first kappa shape index (κ1) is 16.3. The minimum absolute atomic E-state index is 0.403. The van der Waals surface area contributed by atoms with Crippen molar-refractivity contribution in [2.24, 2.45) is 0 Å². The van der Waals surface area contributed by atoms with Crippen molar-refractivity contribution < 1.29 is 9.15 Å². The molecule has 0 saturated carbocycles. The van der Waals surface area contributed by atoms with Crippen molar-refractivity contribution in [2.45, 2.75) is 32.4 Å². The molecule has 0 radical (unpaired) electrons. The molecule has 1 atom stereocenters. The summed E-state index contributed by atoms with van der Waals surface area (Å²) in [5.41, 5.74) is 1.97. The Morgan fingerprint density at radius 2 is 2.16 bits per heavy atom. The highest BCUT2D eigenvalue weighted by Gasteiger charge is 2.29. The van der Waals surface area contributed by atoms with Crippen molar-refractivity contribution >= 4 is 11.3 Å². The first-order valence-electron chi connectivity index (χ1n) is 8.49. The van der Waals surface area contributed by atoms with E-state index < -0.39 is 0 Å². The molecule has 0 unspecified atom stereocenters. The van der Waals surface area contributed by atoms with Crippen molar-refractivity contribution in [1.29, 1.82) is 0 Å². The maximum absolute atomic E-state index is 5.92. The van der Waals surface area contributed by atoms with Crippen LogP contribution in [-0.2, 0) is 6.54 Å². The second kappa shape index (κ2) is 6.98. The summed E-state index contributed by atoms with van der Waals surface area (Å²) < 4.78 is 11.1. The van der Waals surface area contributed by atoms with Crippen LogP contribution in [0.2, 0.25) is 0 Å². The van der Waals surface area contributed by atoms with E-state index >= 15 is 0 Å². The number of methoxy groups -OCH3 is 1. The lowest BCUT2D eigenvalue weighted by Crippen LogP contribution is -2.23. The van der Waals surface area contributed by atoms with Crippen LogP contribution in [0.25, 0.3) is 11.5 Å². The summed E-state index contributed by atoms with van der Waals surface area (Å²) in [6.45, 7) is 3.87. The third kappa shape index (κ3) is 3.32. The van der Waals surface area contributed by atoms with Crippen LogP contribution in [0.1, 0.15) is 35.3 Å². The van der Waals surface area contributed by atoms with Crippen LogP contribution >= 0.6 is 11.3 Å². The molecular weight excluding hydrogens is 334 g/mol. The van der Waals surface area contributed by atoms with E-state index in [0.717, 1.165) is 42.3 Å². The molecule has 0 bridgehead atoms. The summed E-state index contributed by atoms with van der Waals surface area (Å²) in [5, 5.41) is 3.25. The van der Waals surface area contributed by atoms with E-state index in [1.165, 1.54) is 11.4 Å². The Bertz CT molecular complexity index is 827. The average molecular weight is 355 g/mol. The predicted octanol–water partition coefficient (Wildman–Crippen LogP) is 4.45. The van der Waals surface area contributed by atoms with E-state index in [-0.39, 0.29) is 0 Å². The number of oxazole rings is 1. The molecule has 0 spiro atoms. The number of rotatable bonds is 5. The first-order chi connectivity index (χ1) is 12.2. The fourth-order valence-electron chi connectivity index (χ4n) is 3.32. The number of hydrogen-bond acceptors (Lipinski definition) is 6. The Hall–Kier alpha value is -2.18. The lowest BCUT2D eigenvalue weighted by molar-refractivity contribution is 0.244. The molecule has 3 heterocycles. The van der Waals surface area contributed by atoms with E-state index in [1.807, 2.05) is 37.4 Å². The number of aryl methyl sites for hydroxylation is 1. The van der Waals surface area contributed by atoms with Crippen LogP contribution < -0.4 is 4.74 Å². The molecule has 4 rings (SSSR count). The van der Waals surface area contributed by atoms with Gasteiger partial charge in [0.05, 0.1) is 18.8 Å². The number of hydrogen-bond donors (Lipinski definition) is 0. The zero-order valence-corrected chi connectivity index (χ0v) is 15.3. The fourth-order valence-corrected chi connectivity index (χ4v) is 4.13. The van der Waals surface area contributed by atoms with Gasteiger partial charge in [-0.25, -0.2) is 9.97 Å². The van der Waals surface area contributed by atoms with E-state index in [0.29, 0.717) is 11.9 Å². The van der Waals surface area contributed by atoms with Gasteiger partial charge in [-0.2, -0.15) is 0 Å². The van der Waals surface area contributed by atoms with Crippen LogP contribution in [0.4, 0.5) is 0 Å². The number of aromatic nitrogens is 2. The largest absolute Gasteiger partial charge is 0.497 e. The second-order valence-corrected chi connectivity index (χ2v) is 7.18. The molecular formula is C19H21N3O2S. The van der Waals surface area contributed by atoms with Gasteiger partial charge in [-0.05, 0) is 50.6 Å². The van der Waals surface area contributed by atoms with E-state index in [4.69, 9.17) is 14.1 Å². The monoisotopic (exact) mass is 355 g/mol. The van der Waals surface area contributed by atoms with Crippen LogP contribution in [0.5, 0.6) is 5.75 Å². The maximum atomic E-state index is 5.92. The molecule has 6 heteroatoms. The lowest BCUT2D eigenvalue weighted by Gasteiger charge is -2.21. The van der Waals surface area contributed by atoms with Crippen molar-refractivity contribution in [3.05, 3.63) is 52.3 Å². The molecule has 0 amide bonds. The molecule has 1 aliphatic heterocycles. The normalized spacial score (nSPS) is 17.9. The van der Waals surface area contributed by atoms with Gasteiger partial charge in [0.25, 0.3) is 0 Å². The van der Waals surface area contributed by atoms with Gasteiger partial charge in [0, 0.05) is 23.7 Å². The van der Waals surface area contributed by atoms with Crippen LogP contribution in [0.3, 0.4) is 0 Å². The Kier molecular flexibility index (Phi) is 4.55. The Morgan fingerprint density at radius 1 is 1.32 bits per heavy atom. The second-order valence-electron chi connectivity index (χ2n) is 6.25. The van der Waals surface area contributed by atoms with Crippen molar-refractivity contribution in [3.63, 3.8) is 0 Å². The van der Waals surface area contributed by atoms with Gasteiger partial charge in [-0.15, -0.1) is 11.3 Å². The Balaban J connectivity index is 1.54. The maximum Gasteiger partial charge on any atom is 0.226 e. The molecule has 1 saturated heterocycles. The fraction of sp³-hybridized carbons (Fsp3) is 0.368. The number of benzene rings is 1. The number of ether oxygens (including phenoxy) is 1. The smallest absolute Gasteiger partial charge is 0.226 e. The third-order valence-electron chi connectivity index (χ3n) is 4.68. The van der Waals surface area contributed by atoms with Crippen LogP contribution in [-0.4, -0.2) is 28.5 Å². The number of likely N-dealkylation sites (tertiary alicyclic amines) is 1. The molecule has 2 aromatic heterocycles. The van der Waals surface area contributed by atoms with Gasteiger partial charge in [0.2, 0.25) is 5.89 Å². The van der Waals surface area contributed by atoms with E-state index in [2.05, 4.69) is 15.3 Å². The topological polar surface area (TPSA) is 51.4 Å². The van der Waals surface area contributed by atoms with Gasteiger partial charge in [0.1, 0.15) is 16.5 Å². The Morgan fingerprint density at radius 3 is 2.88 bits per heavy atom. The van der Waals surface area contributed by atoms with E-state index in [9.17, 15) is 0 Å². The summed E-state index contributed by atoms with van der Waals surface area (Å²) in [7, 11) is 1.66. The zero-order chi connectivity index (χ0) is 17.2. The van der Waals surface area contributed by atoms with Gasteiger partial charge >= 0.3 is 0 Å². The summed E-state index contributed by atoms with van der Waals surface area (Å²) in [5.74, 6) is 2.38. The predicted molar refractivity (Wildman–Crippen MR) is 97.7 cm³/mol. The van der Waals surface area contributed by atoms with E-state index in [1.54, 1.807) is 18.4 Å².